The molecule has 1 aliphatic heterocycles. The SMILES string of the molecule is O=C1Oc2cc(O)cc(O)c2CC1c1ccc(O)cc1O. The fourth-order valence-corrected chi connectivity index (χ4v) is 2.44. The third-order valence-corrected chi connectivity index (χ3v) is 3.46. The molecule has 0 bridgehead atoms. The molecule has 0 aromatic heterocycles. The van der Waals surface area contributed by atoms with Crippen LogP contribution in [0.25, 0.3) is 0 Å². The van der Waals surface area contributed by atoms with Gasteiger partial charge in [0.15, 0.2) is 0 Å². The maximum Gasteiger partial charge on any atom is 0.319 e. The summed E-state index contributed by atoms with van der Waals surface area (Å²) in [7, 11) is 0. The summed E-state index contributed by atoms with van der Waals surface area (Å²) in [6.07, 6.45) is 0.124. The monoisotopic (exact) mass is 288 g/mol. The van der Waals surface area contributed by atoms with Gasteiger partial charge in [-0.3, -0.25) is 4.79 Å². The molecular weight excluding hydrogens is 276 g/mol. The molecule has 0 radical (unpaired) electrons. The number of fused-ring (bicyclic) bond motifs is 1. The first-order valence-electron chi connectivity index (χ1n) is 6.24. The lowest BCUT2D eigenvalue weighted by molar-refractivity contribution is -0.137. The molecule has 0 spiro atoms. The van der Waals surface area contributed by atoms with Crippen LogP contribution in [0.3, 0.4) is 0 Å². The van der Waals surface area contributed by atoms with E-state index in [0.29, 0.717) is 11.1 Å². The van der Waals surface area contributed by atoms with Gasteiger partial charge in [0.2, 0.25) is 0 Å². The molecule has 0 fully saturated rings. The third kappa shape index (κ3) is 2.20. The Morgan fingerprint density at radius 2 is 1.67 bits per heavy atom. The summed E-state index contributed by atoms with van der Waals surface area (Å²) < 4.78 is 5.11. The number of hydrogen-bond acceptors (Lipinski definition) is 6. The van der Waals surface area contributed by atoms with Gasteiger partial charge in [-0.15, -0.1) is 0 Å². The van der Waals surface area contributed by atoms with Crippen molar-refractivity contribution in [2.75, 3.05) is 0 Å². The molecule has 6 nitrogen and oxygen atoms in total. The molecule has 1 heterocycles. The first kappa shape index (κ1) is 13.1. The molecule has 0 aliphatic carbocycles. The maximum atomic E-state index is 12.1. The van der Waals surface area contributed by atoms with Crippen molar-refractivity contribution in [2.24, 2.45) is 0 Å². The molecule has 4 N–H and O–H groups in total. The van der Waals surface area contributed by atoms with Crippen molar-refractivity contribution in [3.63, 3.8) is 0 Å². The number of hydrogen-bond donors (Lipinski definition) is 4. The van der Waals surface area contributed by atoms with Gasteiger partial charge < -0.3 is 25.2 Å². The standard InChI is InChI=1S/C15H12O6/c16-7-1-2-9(12(18)3-7)10-6-11-13(19)4-8(17)5-14(11)21-15(10)20/h1-5,10,16-19H,6H2. The zero-order valence-electron chi connectivity index (χ0n) is 10.8. The lowest BCUT2D eigenvalue weighted by Gasteiger charge is -2.24. The Hall–Kier alpha value is -2.89. The van der Waals surface area contributed by atoms with Crippen molar-refractivity contribution >= 4 is 5.97 Å². The van der Waals surface area contributed by atoms with E-state index in [-0.39, 0.29) is 35.2 Å². The predicted molar refractivity (Wildman–Crippen MR) is 71.6 cm³/mol. The molecule has 2 aromatic carbocycles. The van der Waals surface area contributed by atoms with E-state index < -0.39 is 11.9 Å². The van der Waals surface area contributed by atoms with Crippen molar-refractivity contribution in [3.8, 4) is 28.7 Å². The molecule has 1 unspecified atom stereocenters. The van der Waals surface area contributed by atoms with Crippen molar-refractivity contribution in [2.45, 2.75) is 12.3 Å². The second kappa shape index (κ2) is 4.59. The normalized spacial score (nSPS) is 17.1. The van der Waals surface area contributed by atoms with E-state index in [1.54, 1.807) is 0 Å². The van der Waals surface area contributed by atoms with Crippen LogP contribution in [0.1, 0.15) is 17.0 Å². The van der Waals surface area contributed by atoms with Gasteiger partial charge in [-0.1, -0.05) is 6.07 Å². The minimum atomic E-state index is -0.798. The Kier molecular flexibility index (Phi) is 2.86. The van der Waals surface area contributed by atoms with Crippen LogP contribution < -0.4 is 4.74 Å². The number of phenols is 4. The minimum absolute atomic E-state index is 0.104. The van der Waals surface area contributed by atoms with Crippen molar-refractivity contribution in [1.29, 1.82) is 0 Å². The number of carbonyl (C=O) groups excluding carboxylic acids is 1. The van der Waals surface area contributed by atoms with E-state index in [2.05, 4.69) is 0 Å². The second-order valence-electron chi connectivity index (χ2n) is 4.86. The molecule has 0 amide bonds. The third-order valence-electron chi connectivity index (χ3n) is 3.46. The highest BCUT2D eigenvalue weighted by atomic mass is 16.5. The first-order valence-corrected chi connectivity index (χ1v) is 6.24. The number of benzene rings is 2. The van der Waals surface area contributed by atoms with Crippen LogP contribution in [0.5, 0.6) is 28.7 Å². The summed E-state index contributed by atoms with van der Waals surface area (Å²) in [6, 6.07) is 6.33. The summed E-state index contributed by atoms with van der Waals surface area (Å²) in [6.45, 7) is 0. The van der Waals surface area contributed by atoms with Crippen LogP contribution in [0.4, 0.5) is 0 Å². The highest BCUT2D eigenvalue weighted by Crippen LogP contribution is 2.42. The highest BCUT2D eigenvalue weighted by molar-refractivity contribution is 5.84. The summed E-state index contributed by atoms with van der Waals surface area (Å²) in [5.74, 6) is -2.02. The minimum Gasteiger partial charge on any atom is -0.508 e. The van der Waals surface area contributed by atoms with Crippen molar-refractivity contribution < 1.29 is 30.0 Å². The van der Waals surface area contributed by atoms with E-state index in [0.717, 1.165) is 12.1 Å². The first-order chi connectivity index (χ1) is 9.95. The van der Waals surface area contributed by atoms with Crippen LogP contribution in [-0.4, -0.2) is 26.4 Å². The lowest BCUT2D eigenvalue weighted by atomic mass is 9.88. The Morgan fingerprint density at radius 3 is 2.38 bits per heavy atom. The van der Waals surface area contributed by atoms with Gasteiger partial charge in [-0.05, 0) is 12.5 Å². The van der Waals surface area contributed by atoms with E-state index in [1.807, 2.05) is 0 Å². The smallest absolute Gasteiger partial charge is 0.319 e. The topological polar surface area (TPSA) is 107 Å². The van der Waals surface area contributed by atoms with Gasteiger partial charge >= 0.3 is 5.97 Å². The second-order valence-corrected chi connectivity index (χ2v) is 4.86. The number of aromatic hydroxyl groups is 4. The number of carbonyl (C=O) groups is 1. The predicted octanol–water partition coefficient (Wildman–Crippen LogP) is 1.75. The van der Waals surface area contributed by atoms with Crippen LogP contribution >= 0.6 is 0 Å². The average Bonchev–Trinajstić information content (AvgIpc) is 2.38. The van der Waals surface area contributed by atoms with Gasteiger partial charge in [0.1, 0.15) is 28.7 Å². The summed E-state index contributed by atoms with van der Waals surface area (Å²) >= 11 is 0. The zero-order chi connectivity index (χ0) is 15.1. The number of ether oxygens (including phenoxy) is 1. The number of phenolic OH excluding ortho intramolecular Hbond substituents is 4. The van der Waals surface area contributed by atoms with E-state index >= 15 is 0 Å². The Morgan fingerprint density at radius 1 is 0.952 bits per heavy atom. The van der Waals surface area contributed by atoms with Gasteiger partial charge in [-0.25, -0.2) is 0 Å². The van der Waals surface area contributed by atoms with E-state index in [9.17, 15) is 25.2 Å². The van der Waals surface area contributed by atoms with E-state index in [4.69, 9.17) is 4.74 Å². The molecule has 1 atom stereocenters. The summed E-state index contributed by atoms with van der Waals surface area (Å²) in [4.78, 5) is 12.1. The Labute approximate surface area is 119 Å². The molecule has 1 aliphatic rings. The summed E-state index contributed by atoms with van der Waals surface area (Å²) in [5, 5.41) is 38.4. The van der Waals surface area contributed by atoms with Gasteiger partial charge in [-0.2, -0.15) is 0 Å². The van der Waals surface area contributed by atoms with Crippen molar-refractivity contribution in [1.82, 2.24) is 0 Å². The van der Waals surface area contributed by atoms with Gasteiger partial charge in [0.25, 0.3) is 0 Å². The molecule has 0 saturated heterocycles. The van der Waals surface area contributed by atoms with Crippen LogP contribution in [0.2, 0.25) is 0 Å². The summed E-state index contributed by atoms with van der Waals surface area (Å²) in [5.41, 5.74) is 0.681. The molecule has 6 heteroatoms. The fourth-order valence-electron chi connectivity index (χ4n) is 2.44. The number of esters is 1. The van der Waals surface area contributed by atoms with Crippen LogP contribution in [0, 0.1) is 0 Å². The molecule has 0 saturated carbocycles. The van der Waals surface area contributed by atoms with Gasteiger partial charge in [0.05, 0.1) is 5.92 Å². The fraction of sp³-hybridized carbons (Fsp3) is 0.133. The van der Waals surface area contributed by atoms with Crippen molar-refractivity contribution in [3.05, 3.63) is 41.5 Å². The lowest BCUT2D eigenvalue weighted by Crippen LogP contribution is -2.26. The molecule has 21 heavy (non-hydrogen) atoms. The quantitative estimate of drug-likeness (QED) is 0.470. The van der Waals surface area contributed by atoms with Crippen LogP contribution in [-0.2, 0) is 11.2 Å². The Balaban J connectivity index is 2.04. The van der Waals surface area contributed by atoms with E-state index in [1.165, 1.54) is 18.2 Å². The molecular formula is C15H12O6. The molecule has 3 rings (SSSR count). The number of rotatable bonds is 1. The average molecular weight is 288 g/mol. The Bertz CT molecular complexity index is 737. The molecule has 2 aromatic rings. The zero-order valence-corrected chi connectivity index (χ0v) is 10.8. The largest absolute Gasteiger partial charge is 0.508 e. The maximum absolute atomic E-state index is 12.1. The van der Waals surface area contributed by atoms with Crippen LogP contribution in [0.15, 0.2) is 30.3 Å². The molecule has 108 valence electrons. The van der Waals surface area contributed by atoms with Gasteiger partial charge in [0, 0.05) is 29.3 Å². The highest BCUT2D eigenvalue weighted by Gasteiger charge is 2.33.